The van der Waals surface area contributed by atoms with Crippen molar-refractivity contribution in [1.82, 2.24) is 9.97 Å². The van der Waals surface area contributed by atoms with Crippen LogP contribution in [0.5, 0.6) is 17.4 Å². The smallest absolute Gasteiger partial charge is 0.225 e. The summed E-state index contributed by atoms with van der Waals surface area (Å²) < 4.78 is 11.1. The number of rotatable bonds is 7. The van der Waals surface area contributed by atoms with Gasteiger partial charge in [-0.3, -0.25) is 0 Å². The van der Waals surface area contributed by atoms with Crippen LogP contribution in [0.2, 0.25) is 0 Å². The molecular weight excluding hydrogens is 254 g/mol. The van der Waals surface area contributed by atoms with Crippen molar-refractivity contribution in [2.75, 3.05) is 18.5 Å². The second-order valence-corrected chi connectivity index (χ2v) is 4.15. The van der Waals surface area contributed by atoms with Crippen LogP contribution >= 0.6 is 0 Å². The Kier molecular flexibility index (Phi) is 5.17. The Bertz CT molecular complexity index is 529. The van der Waals surface area contributed by atoms with Gasteiger partial charge in [-0.05, 0) is 37.6 Å². The molecule has 0 fully saturated rings. The molecule has 106 valence electrons. The summed E-state index contributed by atoms with van der Waals surface area (Å²) in [6, 6.07) is 9.18. The lowest BCUT2D eigenvalue weighted by Crippen LogP contribution is -2.04. The molecule has 0 aliphatic carbocycles. The van der Waals surface area contributed by atoms with Crippen molar-refractivity contribution in [3.63, 3.8) is 0 Å². The van der Waals surface area contributed by atoms with Gasteiger partial charge < -0.3 is 14.8 Å². The van der Waals surface area contributed by atoms with Gasteiger partial charge in [0.1, 0.15) is 11.5 Å². The van der Waals surface area contributed by atoms with Crippen molar-refractivity contribution >= 4 is 5.95 Å². The van der Waals surface area contributed by atoms with Gasteiger partial charge >= 0.3 is 0 Å². The summed E-state index contributed by atoms with van der Waals surface area (Å²) in [4.78, 5) is 8.42. The molecule has 5 heteroatoms. The van der Waals surface area contributed by atoms with E-state index in [0.29, 0.717) is 24.2 Å². The first kappa shape index (κ1) is 14.1. The Morgan fingerprint density at radius 2 is 1.80 bits per heavy atom. The molecule has 5 nitrogen and oxygen atoms in total. The van der Waals surface area contributed by atoms with E-state index in [1.165, 1.54) is 0 Å². The molecule has 0 saturated heterocycles. The number of hydrogen-bond acceptors (Lipinski definition) is 5. The third-order valence-corrected chi connectivity index (χ3v) is 2.52. The van der Waals surface area contributed by atoms with Crippen molar-refractivity contribution in [2.45, 2.75) is 20.3 Å². The minimum absolute atomic E-state index is 0.516. The van der Waals surface area contributed by atoms with Gasteiger partial charge in [-0.1, -0.05) is 6.92 Å². The predicted molar refractivity (Wildman–Crippen MR) is 78.5 cm³/mol. The second kappa shape index (κ2) is 7.33. The molecule has 2 rings (SSSR count). The molecule has 1 aromatic heterocycles. The molecule has 0 unspecified atom stereocenters. The number of anilines is 1. The van der Waals surface area contributed by atoms with E-state index in [2.05, 4.69) is 22.2 Å². The molecule has 0 spiro atoms. The number of nitrogens with zero attached hydrogens (tertiary/aromatic N) is 2. The first-order valence-electron chi connectivity index (χ1n) is 6.79. The molecule has 0 saturated carbocycles. The van der Waals surface area contributed by atoms with E-state index >= 15 is 0 Å². The van der Waals surface area contributed by atoms with Gasteiger partial charge in [0.05, 0.1) is 6.61 Å². The van der Waals surface area contributed by atoms with E-state index in [0.717, 1.165) is 18.7 Å². The highest BCUT2D eigenvalue weighted by molar-refractivity contribution is 5.35. The molecule has 0 aliphatic rings. The van der Waals surface area contributed by atoms with Crippen LogP contribution in [0.1, 0.15) is 20.3 Å². The molecule has 2 aromatic rings. The van der Waals surface area contributed by atoms with Crippen LogP contribution < -0.4 is 14.8 Å². The first-order chi connectivity index (χ1) is 9.81. The van der Waals surface area contributed by atoms with E-state index in [1.807, 2.05) is 31.2 Å². The molecular formula is C15H19N3O2. The third-order valence-electron chi connectivity index (χ3n) is 2.52. The van der Waals surface area contributed by atoms with Gasteiger partial charge in [0, 0.05) is 18.8 Å². The lowest BCUT2D eigenvalue weighted by atomic mass is 10.3. The summed E-state index contributed by atoms with van der Waals surface area (Å²) in [6.07, 6.45) is 2.70. The highest BCUT2D eigenvalue weighted by Gasteiger charge is 2.02. The fourth-order valence-corrected chi connectivity index (χ4v) is 1.61. The van der Waals surface area contributed by atoms with E-state index in [4.69, 9.17) is 9.47 Å². The highest BCUT2D eigenvalue weighted by atomic mass is 16.5. The van der Waals surface area contributed by atoms with Crippen LogP contribution in [-0.4, -0.2) is 23.1 Å². The Labute approximate surface area is 119 Å². The van der Waals surface area contributed by atoms with Gasteiger partial charge in [-0.2, -0.15) is 4.98 Å². The molecule has 0 bridgehead atoms. The minimum Gasteiger partial charge on any atom is -0.494 e. The third kappa shape index (κ3) is 4.12. The number of hydrogen-bond donors (Lipinski definition) is 1. The number of aromatic nitrogens is 2. The zero-order chi connectivity index (χ0) is 14.2. The van der Waals surface area contributed by atoms with E-state index in [1.54, 1.807) is 12.3 Å². The van der Waals surface area contributed by atoms with Crippen LogP contribution in [0.3, 0.4) is 0 Å². The van der Waals surface area contributed by atoms with Gasteiger partial charge in [0.2, 0.25) is 11.8 Å². The standard InChI is InChI=1S/C15H19N3O2/c1-3-10-16-15-17-11-9-14(18-15)20-13-7-5-12(6-8-13)19-4-2/h5-9,11H,3-4,10H2,1-2H3,(H,16,17,18). The molecule has 1 aromatic carbocycles. The maximum atomic E-state index is 5.69. The molecule has 0 amide bonds. The fourth-order valence-electron chi connectivity index (χ4n) is 1.61. The topological polar surface area (TPSA) is 56.3 Å². The normalized spacial score (nSPS) is 10.1. The Morgan fingerprint density at radius 3 is 2.50 bits per heavy atom. The minimum atomic E-state index is 0.516. The van der Waals surface area contributed by atoms with Crippen molar-refractivity contribution in [1.29, 1.82) is 0 Å². The van der Waals surface area contributed by atoms with Crippen molar-refractivity contribution in [3.8, 4) is 17.4 Å². The van der Waals surface area contributed by atoms with Crippen LogP contribution in [0.15, 0.2) is 36.5 Å². The number of nitrogens with one attached hydrogen (secondary N) is 1. The summed E-state index contributed by atoms with van der Waals surface area (Å²) in [6.45, 7) is 5.54. The molecule has 20 heavy (non-hydrogen) atoms. The Morgan fingerprint density at radius 1 is 1.05 bits per heavy atom. The van der Waals surface area contributed by atoms with Crippen LogP contribution in [0.4, 0.5) is 5.95 Å². The van der Waals surface area contributed by atoms with E-state index < -0.39 is 0 Å². The molecule has 0 radical (unpaired) electrons. The zero-order valence-corrected chi connectivity index (χ0v) is 11.8. The lowest BCUT2D eigenvalue weighted by molar-refractivity contribution is 0.339. The highest BCUT2D eigenvalue weighted by Crippen LogP contribution is 2.22. The first-order valence-corrected chi connectivity index (χ1v) is 6.79. The van der Waals surface area contributed by atoms with Crippen LogP contribution in [-0.2, 0) is 0 Å². The van der Waals surface area contributed by atoms with Gasteiger partial charge in [-0.25, -0.2) is 4.98 Å². The average molecular weight is 273 g/mol. The van der Waals surface area contributed by atoms with E-state index in [-0.39, 0.29) is 0 Å². The van der Waals surface area contributed by atoms with Crippen molar-refractivity contribution < 1.29 is 9.47 Å². The summed E-state index contributed by atoms with van der Waals surface area (Å²) in [5.41, 5.74) is 0. The zero-order valence-electron chi connectivity index (χ0n) is 11.8. The Balaban J connectivity index is 2.01. The molecule has 0 atom stereocenters. The molecule has 1 N–H and O–H groups in total. The maximum Gasteiger partial charge on any atom is 0.225 e. The monoisotopic (exact) mass is 273 g/mol. The predicted octanol–water partition coefficient (Wildman–Crippen LogP) is 3.49. The van der Waals surface area contributed by atoms with E-state index in [9.17, 15) is 0 Å². The molecule has 0 aliphatic heterocycles. The van der Waals surface area contributed by atoms with Gasteiger partial charge in [-0.15, -0.1) is 0 Å². The SMILES string of the molecule is CCCNc1nccc(Oc2ccc(OCC)cc2)n1. The summed E-state index contributed by atoms with van der Waals surface area (Å²) >= 11 is 0. The van der Waals surface area contributed by atoms with Crippen LogP contribution in [0.25, 0.3) is 0 Å². The quantitative estimate of drug-likeness (QED) is 0.836. The Hall–Kier alpha value is -2.30. The van der Waals surface area contributed by atoms with Crippen LogP contribution in [0, 0.1) is 0 Å². The lowest BCUT2D eigenvalue weighted by Gasteiger charge is -2.08. The summed E-state index contributed by atoms with van der Waals surface area (Å²) in [5.74, 6) is 2.64. The summed E-state index contributed by atoms with van der Waals surface area (Å²) in [7, 11) is 0. The fraction of sp³-hybridized carbons (Fsp3) is 0.333. The second-order valence-electron chi connectivity index (χ2n) is 4.15. The largest absolute Gasteiger partial charge is 0.494 e. The maximum absolute atomic E-state index is 5.69. The molecule has 1 heterocycles. The average Bonchev–Trinajstić information content (AvgIpc) is 2.48. The van der Waals surface area contributed by atoms with Crippen molar-refractivity contribution in [3.05, 3.63) is 36.5 Å². The number of benzene rings is 1. The van der Waals surface area contributed by atoms with Crippen molar-refractivity contribution in [2.24, 2.45) is 0 Å². The summed E-state index contributed by atoms with van der Waals surface area (Å²) in [5, 5.41) is 3.12. The van der Waals surface area contributed by atoms with Gasteiger partial charge in [0.25, 0.3) is 0 Å². The number of ether oxygens (including phenoxy) is 2. The van der Waals surface area contributed by atoms with Gasteiger partial charge in [0.15, 0.2) is 0 Å².